The molecule has 0 spiro atoms. The fraction of sp³-hybridized carbons (Fsp3) is 0.200. The number of benzene rings is 2. The molecule has 0 unspecified atom stereocenters. The van der Waals surface area contributed by atoms with Crippen LogP contribution < -0.4 is 10.1 Å². The van der Waals surface area contributed by atoms with Gasteiger partial charge in [-0.1, -0.05) is 61.9 Å². The van der Waals surface area contributed by atoms with E-state index in [1.54, 1.807) is 30.3 Å². The Morgan fingerprint density at radius 3 is 2.19 bits per heavy atom. The molecule has 2 aromatic carbocycles. The van der Waals surface area contributed by atoms with Gasteiger partial charge in [-0.3, -0.25) is 4.79 Å². The van der Waals surface area contributed by atoms with Crippen molar-refractivity contribution in [3.63, 3.8) is 0 Å². The van der Waals surface area contributed by atoms with Crippen LogP contribution in [0.5, 0.6) is 5.75 Å². The molecule has 2 N–H and O–H groups in total. The van der Waals surface area contributed by atoms with Gasteiger partial charge in [0.25, 0.3) is 0 Å². The lowest BCUT2D eigenvalue weighted by Crippen LogP contribution is -2.09. The summed E-state index contributed by atoms with van der Waals surface area (Å²) in [7, 11) is 0. The summed E-state index contributed by atoms with van der Waals surface area (Å²) < 4.78 is 5.84. The normalized spacial score (nSPS) is 13.5. The van der Waals surface area contributed by atoms with Gasteiger partial charge in [0.2, 0.25) is 0 Å². The standard InChI is InChI=1S/C18H20ClNO3.C7H4O/c1-12(2)10-20-16-8-7-15(19)9-17(16)23-11-13-3-5-14(6-4-13)18(21)22;8-7-5-1-2-6(7)4-3-5/h3-9,12,20H,10-11H2,1-2H3,(H,21,22);1-4H. The maximum Gasteiger partial charge on any atom is 0.335 e. The average Bonchev–Trinajstić information content (AvgIpc) is 3.29. The number of ether oxygens (including phenoxy) is 1. The summed E-state index contributed by atoms with van der Waals surface area (Å²) >= 11 is 6.04. The number of carbonyl (C=O) groups excluding carboxylic acids is 1. The lowest BCUT2D eigenvalue weighted by molar-refractivity contribution is -0.111. The first-order chi connectivity index (χ1) is 14.8. The molecule has 6 heteroatoms. The van der Waals surface area contributed by atoms with Gasteiger partial charge in [0, 0.05) is 28.8 Å². The third-order valence-corrected chi connectivity index (χ3v) is 4.88. The molecule has 2 aromatic rings. The van der Waals surface area contributed by atoms with E-state index in [0.717, 1.165) is 28.9 Å². The molecule has 4 rings (SSSR count). The number of rotatable bonds is 7. The van der Waals surface area contributed by atoms with Crippen molar-refractivity contribution in [3.05, 3.63) is 94.1 Å². The minimum absolute atomic E-state index is 0.185. The Morgan fingerprint density at radius 2 is 1.71 bits per heavy atom. The van der Waals surface area contributed by atoms with Gasteiger partial charge in [-0.2, -0.15) is 0 Å². The number of halogens is 1. The molecule has 0 radical (unpaired) electrons. The third-order valence-electron chi connectivity index (χ3n) is 4.65. The lowest BCUT2D eigenvalue weighted by Gasteiger charge is -2.15. The maximum absolute atomic E-state index is 10.8. The number of anilines is 1. The van der Waals surface area contributed by atoms with E-state index in [1.807, 2.05) is 36.4 Å². The summed E-state index contributed by atoms with van der Waals surface area (Å²) in [6.45, 7) is 5.45. The second kappa shape index (κ2) is 10.1. The van der Waals surface area contributed by atoms with E-state index in [-0.39, 0.29) is 11.3 Å². The van der Waals surface area contributed by atoms with Crippen LogP contribution in [0, 0.1) is 5.92 Å². The molecule has 2 aliphatic rings. The summed E-state index contributed by atoms with van der Waals surface area (Å²) in [4.78, 5) is 21.6. The van der Waals surface area contributed by atoms with Crippen molar-refractivity contribution in [1.29, 1.82) is 0 Å². The Morgan fingerprint density at radius 1 is 1.06 bits per heavy atom. The summed E-state index contributed by atoms with van der Waals surface area (Å²) in [5.41, 5.74) is 3.71. The van der Waals surface area contributed by atoms with E-state index in [4.69, 9.17) is 21.4 Å². The van der Waals surface area contributed by atoms with Crippen molar-refractivity contribution in [3.8, 4) is 5.75 Å². The van der Waals surface area contributed by atoms with Gasteiger partial charge in [-0.15, -0.1) is 0 Å². The van der Waals surface area contributed by atoms with Gasteiger partial charge in [-0.25, -0.2) is 4.79 Å². The molecule has 2 bridgehead atoms. The second-order valence-corrected chi connectivity index (χ2v) is 8.05. The Kier molecular flexibility index (Phi) is 7.32. The molecular formula is C25H24ClNO4. The second-order valence-electron chi connectivity index (χ2n) is 7.61. The van der Waals surface area contributed by atoms with Crippen molar-refractivity contribution in [2.75, 3.05) is 11.9 Å². The Labute approximate surface area is 186 Å². The first-order valence-electron chi connectivity index (χ1n) is 9.96. The number of carboxylic acid groups (broad SMARTS) is 1. The number of hydrogen-bond acceptors (Lipinski definition) is 4. The molecule has 0 fully saturated rings. The molecule has 0 saturated carbocycles. The van der Waals surface area contributed by atoms with E-state index in [1.165, 1.54) is 0 Å². The molecular weight excluding hydrogens is 414 g/mol. The molecule has 0 atom stereocenters. The zero-order chi connectivity index (χ0) is 22.4. The fourth-order valence-electron chi connectivity index (χ4n) is 2.92. The molecule has 0 amide bonds. The van der Waals surface area contributed by atoms with E-state index >= 15 is 0 Å². The summed E-state index contributed by atoms with van der Waals surface area (Å²) in [5.74, 6) is 0.444. The number of hydrogen-bond donors (Lipinski definition) is 2. The van der Waals surface area contributed by atoms with Crippen molar-refractivity contribution >= 4 is 29.0 Å². The van der Waals surface area contributed by atoms with Gasteiger partial charge in [0.15, 0.2) is 5.78 Å². The van der Waals surface area contributed by atoms with Crippen LogP contribution in [0.4, 0.5) is 5.69 Å². The number of allylic oxidation sites excluding steroid dienone is 6. The number of fused-ring (bicyclic) bond motifs is 2. The van der Waals surface area contributed by atoms with E-state index < -0.39 is 5.97 Å². The molecule has 0 heterocycles. The molecule has 0 saturated heterocycles. The monoisotopic (exact) mass is 437 g/mol. The van der Waals surface area contributed by atoms with Crippen LogP contribution in [0.2, 0.25) is 5.02 Å². The van der Waals surface area contributed by atoms with Gasteiger partial charge in [0.1, 0.15) is 12.4 Å². The van der Waals surface area contributed by atoms with Gasteiger partial charge in [0.05, 0.1) is 11.3 Å². The Balaban J connectivity index is 0.000000280. The number of carboxylic acids is 1. The van der Waals surface area contributed by atoms with E-state index in [9.17, 15) is 9.59 Å². The first kappa shape index (κ1) is 22.4. The fourth-order valence-corrected chi connectivity index (χ4v) is 3.08. The molecule has 0 aromatic heterocycles. The average molecular weight is 438 g/mol. The number of Topliss-reactive ketones (excluding diaryl/α,β-unsaturated/α-hetero) is 1. The molecule has 5 nitrogen and oxygen atoms in total. The zero-order valence-electron chi connectivity index (χ0n) is 17.4. The Hall–Kier alpha value is -3.31. The highest BCUT2D eigenvalue weighted by Gasteiger charge is 2.20. The minimum Gasteiger partial charge on any atom is -0.487 e. The highest BCUT2D eigenvalue weighted by molar-refractivity contribution is 6.30. The van der Waals surface area contributed by atoms with Crippen LogP contribution in [0.25, 0.3) is 0 Å². The first-order valence-corrected chi connectivity index (χ1v) is 10.3. The van der Waals surface area contributed by atoms with Crippen LogP contribution in [0.15, 0.2) is 77.9 Å². The van der Waals surface area contributed by atoms with Crippen molar-refractivity contribution in [2.45, 2.75) is 20.5 Å². The van der Waals surface area contributed by atoms with Crippen molar-refractivity contribution in [2.24, 2.45) is 5.92 Å². The topological polar surface area (TPSA) is 75.6 Å². The van der Waals surface area contributed by atoms with Crippen LogP contribution in [-0.4, -0.2) is 23.4 Å². The Bertz CT molecular complexity index is 1040. The van der Waals surface area contributed by atoms with Crippen molar-refractivity contribution < 1.29 is 19.4 Å². The number of nitrogens with one attached hydrogen (secondary N) is 1. The third kappa shape index (κ3) is 6.09. The zero-order valence-corrected chi connectivity index (χ0v) is 18.1. The van der Waals surface area contributed by atoms with E-state index in [0.29, 0.717) is 23.3 Å². The lowest BCUT2D eigenvalue weighted by atomic mass is 10.1. The number of ketones is 1. The summed E-state index contributed by atoms with van der Waals surface area (Å²) in [6.07, 6.45) is 7.38. The molecule has 2 aliphatic carbocycles. The number of carbonyl (C=O) groups is 2. The van der Waals surface area contributed by atoms with Crippen molar-refractivity contribution in [1.82, 2.24) is 0 Å². The SMILES string of the molecule is CC(C)CNc1ccc(Cl)cc1OCc1ccc(C(=O)O)cc1.O=C1C2=CC=C1C=C2. The van der Waals surface area contributed by atoms with E-state index in [2.05, 4.69) is 19.2 Å². The van der Waals surface area contributed by atoms with Crippen LogP contribution in [-0.2, 0) is 11.4 Å². The van der Waals surface area contributed by atoms with Gasteiger partial charge in [-0.05, 0) is 35.7 Å². The van der Waals surface area contributed by atoms with Crippen LogP contribution in [0.3, 0.4) is 0 Å². The predicted octanol–water partition coefficient (Wildman–Crippen LogP) is 5.68. The molecule has 0 aliphatic heterocycles. The number of aromatic carboxylic acids is 1. The highest BCUT2D eigenvalue weighted by Crippen LogP contribution is 2.29. The largest absolute Gasteiger partial charge is 0.487 e. The van der Waals surface area contributed by atoms with Gasteiger partial charge < -0.3 is 15.2 Å². The molecule has 31 heavy (non-hydrogen) atoms. The highest BCUT2D eigenvalue weighted by atomic mass is 35.5. The molecule has 160 valence electrons. The van der Waals surface area contributed by atoms with Gasteiger partial charge >= 0.3 is 5.97 Å². The maximum atomic E-state index is 10.8. The summed E-state index contributed by atoms with van der Waals surface area (Å²) in [5, 5.41) is 12.8. The van der Waals surface area contributed by atoms with Crippen LogP contribution >= 0.6 is 11.6 Å². The predicted molar refractivity (Wildman–Crippen MR) is 123 cm³/mol. The quantitative estimate of drug-likeness (QED) is 0.583. The summed E-state index contributed by atoms with van der Waals surface area (Å²) in [6, 6.07) is 12.1. The smallest absolute Gasteiger partial charge is 0.335 e. The van der Waals surface area contributed by atoms with Crippen LogP contribution in [0.1, 0.15) is 29.8 Å². The minimum atomic E-state index is -0.938.